The Morgan fingerprint density at radius 1 is 0.703 bits per heavy atom. The van der Waals surface area contributed by atoms with Gasteiger partial charge < -0.3 is 0 Å². The van der Waals surface area contributed by atoms with Crippen LogP contribution in [0.1, 0.15) is 28.2 Å². The molecule has 1 aliphatic heterocycles. The van der Waals surface area contributed by atoms with E-state index in [1.165, 1.54) is 4.90 Å². The summed E-state index contributed by atoms with van der Waals surface area (Å²) >= 11 is 13.0. The van der Waals surface area contributed by atoms with Crippen molar-refractivity contribution in [2.75, 3.05) is 4.90 Å². The maximum absolute atomic E-state index is 14.4. The van der Waals surface area contributed by atoms with Gasteiger partial charge in [-0.25, -0.2) is 4.90 Å². The van der Waals surface area contributed by atoms with Crippen LogP contribution in [0.3, 0.4) is 0 Å². The maximum Gasteiger partial charge on any atom is 0.239 e. The zero-order valence-electron chi connectivity index (χ0n) is 19.5. The first-order valence-electron chi connectivity index (χ1n) is 12.1. The number of rotatable bonds is 3. The standard InChI is InChI=1S/C31H20Cl2N2O2/c32-22-13-5-7-15-24(22)34-17-31-20-11-3-1-9-18(20)26(19-10-2-4-12-21(19)31)27-28(31)30(37)35(29(27)36)25-16-8-6-14-23(25)33/h1-17,26-28H/t26?,27-,28+,31?/m0/s1. The Hall–Kier alpha value is -3.73. The molecule has 0 spiro atoms. The van der Waals surface area contributed by atoms with Gasteiger partial charge in [0.2, 0.25) is 11.8 Å². The zero-order valence-corrected chi connectivity index (χ0v) is 21.0. The molecular formula is C31H20Cl2N2O2. The number of imide groups is 1. The molecule has 0 saturated carbocycles. The van der Waals surface area contributed by atoms with Gasteiger partial charge in [0.05, 0.1) is 38.7 Å². The molecule has 3 aliphatic carbocycles. The molecular weight excluding hydrogens is 503 g/mol. The van der Waals surface area contributed by atoms with Crippen molar-refractivity contribution < 1.29 is 9.59 Å². The minimum atomic E-state index is -0.950. The molecule has 2 amide bonds. The highest BCUT2D eigenvalue weighted by atomic mass is 35.5. The van der Waals surface area contributed by atoms with Crippen LogP contribution in [0.5, 0.6) is 0 Å². The normalized spacial score (nSPS) is 25.4. The van der Waals surface area contributed by atoms with E-state index >= 15 is 0 Å². The molecule has 0 N–H and O–H groups in total. The SMILES string of the molecule is O=C1[C@H]2C3c4ccccc4C(C=Nc4ccccc4Cl)(c4ccccc43)[C@H]2C(=O)N1c1ccccc1Cl. The predicted molar refractivity (Wildman–Crippen MR) is 146 cm³/mol. The van der Waals surface area contributed by atoms with E-state index in [1.54, 1.807) is 30.3 Å². The molecule has 6 heteroatoms. The number of para-hydroxylation sites is 2. The monoisotopic (exact) mass is 522 g/mol. The van der Waals surface area contributed by atoms with E-state index < -0.39 is 17.3 Å². The molecule has 180 valence electrons. The molecule has 37 heavy (non-hydrogen) atoms. The summed E-state index contributed by atoms with van der Waals surface area (Å²) in [5.41, 5.74) is 4.17. The van der Waals surface area contributed by atoms with Crippen molar-refractivity contribution in [3.05, 3.63) is 129 Å². The number of carbonyl (C=O) groups excluding carboxylic acids is 2. The van der Waals surface area contributed by atoms with Crippen LogP contribution >= 0.6 is 23.2 Å². The number of benzene rings is 4. The van der Waals surface area contributed by atoms with E-state index in [4.69, 9.17) is 28.2 Å². The topological polar surface area (TPSA) is 49.7 Å². The average Bonchev–Trinajstić information content (AvgIpc) is 3.19. The van der Waals surface area contributed by atoms with Crippen LogP contribution in [0.2, 0.25) is 10.0 Å². The van der Waals surface area contributed by atoms with E-state index in [0.717, 1.165) is 22.3 Å². The quantitative estimate of drug-likeness (QED) is 0.216. The summed E-state index contributed by atoms with van der Waals surface area (Å²) in [6.07, 6.45) is 1.85. The molecule has 1 saturated heterocycles. The van der Waals surface area contributed by atoms with E-state index in [-0.39, 0.29) is 17.7 Å². The lowest BCUT2D eigenvalue weighted by molar-refractivity contribution is -0.122. The third-order valence-corrected chi connectivity index (χ3v) is 8.68. The van der Waals surface area contributed by atoms with Gasteiger partial charge in [0.1, 0.15) is 0 Å². The van der Waals surface area contributed by atoms with E-state index in [0.29, 0.717) is 21.4 Å². The van der Waals surface area contributed by atoms with Crippen molar-refractivity contribution in [1.82, 2.24) is 0 Å². The lowest BCUT2D eigenvalue weighted by atomic mass is 9.47. The Kier molecular flexibility index (Phi) is 4.94. The van der Waals surface area contributed by atoms with Gasteiger partial charge in [0.25, 0.3) is 0 Å². The number of aliphatic imine (C=N–C) groups is 1. The fraction of sp³-hybridized carbons (Fsp3) is 0.129. The minimum absolute atomic E-state index is 0.229. The summed E-state index contributed by atoms with van der Waals surface area (Å²) in [7, 11) is 0. The van der Waals surface area contributed by atoms with Crippen molar-refractivity contribution in [2.24, 2.45) is 16.8 Å². The zero-order chi connectivity index (χ0) is 25.3. The molecule has 0 unspecified atom stereocenters. The molecule has 4 aromatic rings. The molecule has 0 aromatic heterocycles. The molecule has 4 aliphatic rings. The fourth-order valence-corrected chi connectivity index (χ4v) is 7.05. The van der Waals surface area contributed by atoms with E-state index in [1.807, 2.05) is 48.7 Å². The number of hydrogen-bond donors (Lipinski definition) is 0. The highest BCUT2D eigenvalue weighted by molar-refractivity contribution is 6.36. The van der Waals surface area contributed by atoms with Gasteiger partial charge in [-0.1, -0.05) is 96.0 Å². The Morgan fingerprint density at radius 2 is 1.27 bits per heavy atom. The summed E-state index contributed by atoms with van der Waals surface area (Å²) in [5, 5.41) is 0.883. The molecule has 1 heterocycles. The van der Waals surface area contributed by atoms with Gasteiger partial charge in [-0.05, 0) is 46.5 Å². The van der Waals surface area contributed by atoms with Crippen molar-refractivity contribution >= 4 is 52.6 Å². The van der Waals surface area contributed by atoms with Crippen LogP contribution in [-0.2, 0) is 15.0 Å². The summed E-state index contributed by atoms with van der Waals surface area (Å²) in [4.78, 5) is 34.7. The lowest BCUT2D eigenvalue weighted by Gasteiger charge is -2.52. The third kappa shape index (κ3) is 2.94. The van der Waals surface area contributed by atoms with Crippen molar-refractivity contribution in [3.63, 3.8) is 0 Å². The van der Waals surface area contributed by atoms with Crippen LogP contribution in [0.15, 0.2) is 102 Å². The van der Waals surface area contributed by atoms with Crippen LogP contribution in [0, 0.1) is 11.8 Å². The van der Waals surface area contributed by atoms with Gasteiger partial charge in [0.15, 0.2) is 0 Å². The van der Waals surface area contributed by atoms with Gasteiger partial charge in [-0.15, -0.1) is 0 Å². The second-order valence-electron chi connectivity index (χ2n) is 9.70. The largest absolute Gasteiger partial charge is 0.274 e. The van der Waals surface area contributed by atoms with Crippen molar-refractivity contribution in [3.8, 4) is 0 Å². The molecule has 2 atom stereocenters. The van der Waals surface area contributed by atoms with Crippen LogP contribution in [0.4, 0.5) is 11.4 Å². The smallest absolute Gasteiger partial charge is 0.239 e. The van der Waals surface area contributed by atoms with Gasteiger partial charge in [0, 0.05) is 12.1 Å². The molecule has 8 rings (SSSR count). The number of amides is 2. The van der Waals surface area contributed by atoms with E-state index in [2.05, 4.69) is 24.3 Å². The molecule has 2 bridgehead atoms. The van der Waals surface area contributed by atoms with E-state index in [9.17, 15) is 9.59 Å². The molecule has 4 nitrogen and oxygen atoms in total. The number of halogens is 2. The summed E-state index contributed by atoms with van der Waals surface area (Å²) in [6, 6.07) is 30.6. The van der Waals surface area contributed by atoms with Crippen molar-refractivity contribution in [2.45, 2.75) is 11.3 Å². The molecule has 1 fully saturated rings. The number of hydrogen-bond acceptors (Lipinski definition) is 3. The second kappa shape index (κ2) is 8.14. The Labute approximate surface area is 224 Å². The van der Waals surface area contributed by atoms with Crippen LogP contribution in [-0.4, -0.2) is 18.0 Å². The highest BCUT2D eigenvalue weighted by Crippen LogP contribution is 2.64. The summed E-state index contributed by atoms with van der Waals surface area (Å²) < 4.78 is 0. The first-order valence-corrected chi connectivity index (χ1v) is 12.9. The lowest BCUT2D eigenvalue weighted by Crippen LogP contribution is -2.54. The maximum atomic E-state index is 14.4. The first kappa shape index (κ1) is 22.5. The van der Waals surface area contributed by atoms with Crippen LogP contribution < -0.4 is 4.90 Å². The Bertz CT molecular complexity index is 1600. The molecule has 4 aromatic carbocycles. The Morgan fingerprint density at radius 3 is 1.92 bits per heavy atom. The molecule has 0 radical (unpaired) electrons. The third-order valence-electron chi connectivity index (χ3n) is 8.04. The highest BCUT2D eigenvalue weighted by Gasteiger charge is 2.68. The average molecular weight is 523 g/mol. The van der Waals surface area contributed by atoms with Gasteiger partial charge >= 0.3 is 0 Å². The second-order valence-corrected chi connectivity index (χ2v) is 10.5. The first-order chi connectivity index (χ1) is 18.0. The van der Waals surface area contributed by atoms with Gasteiger partial charge in [-0.2, -0.15) is 0 Å². The number of nitrogens with zero attached hydrogens (tertiary/aromatic N) is 2. The van der Waals surface area contributed by atoms with Gasteiger partial charge in [-0.3, -0.25) is 14.6 Å². The summed E-state index contributed by atoms with van der Waals surface area (Å²) in [6.45, 7) is 0. The predicted octanol–water partition coefficient (Wildman–Crippen LogP) is 6.95. The van der Waals surface area contributed by atoms with Crippen LogP contribution in [0.25, 0.3) is 0 Å². The summed E-state index contributed by atoms with van der Waals surface area (Å²) in [5.74, 6) is -1.98. The minimum Gasteiger partial charge on any atom is -0.274 e. The fourth-order valence-electron chi connectivity index (χ4n) is 6.65. The Balaban J connectivity index is 1.53. The number of carbonyl (C=O) groups is 2. The number of anilines is 1. The van der Waals surface area contributed by atoms with Crippen molar-refractivity contribution in [1.29, 1.82) is 0 Å².